The molecule has 0 bridgehead atoms. The number of Topliss-reactive ketones (excluding diaryl/α,β-unsaturated/α-hetero) is 1. The number of ether oxygens (including phenoxy) is 1. The molecule has 3 saturated carbocycles. The number of carbonyl (C=O) groups excluding carboxylic acids is 4. The van der Waals surface area contributed by atoms with E-state index in [0.29, 0.717) is 54.4 Å². The van der Waals surface area contributed by atoms with E-state index in [1.54, 1.807) is 6.92 Å². The minimum atomic E-state index is -0.953. The molecule has 0 aromatic rings. The number of alkyl halides is 2. The fourth-order valence-electron chi connectivity index (χ4n) is 8.65. The Kier molecular flexibility index (Phi) is 12.6. The largest absolute Gasteiger partial charge is 0.450 e. The summed E-state index contributed by atoms with van der Waals surface area (Å²) in [6.07, 6.45) is 12.6. The molecule has 2 amide bonds. The average molecular weight is 643 g/mol. The predicted molar refractivity (Wildman–Crippen MR) is 168 cm³/mol. The molecule has 4 aliphatic carbocycles. The van der Waals surface area contributed by atoms with Crippen molar-refractivity contribution in [2.75, 3.05) is 24.8 Å². The summed E-state index contributed by atoms with van der Waals surface area (Å²) in [5.74, 6) is 2.12. The van der Waals surface area contributed by atoms with Crippen molar-refractivity contribution in [2.45, 2.75) is 110 Å². The summed E-state index contributed by atoms with van der Waals surface area (Å²) >= 11 is 10.6. The van der Waals surface area contributed by atoms with Gasteiger partial charge in [0.1, 0.15) is 0 Å². The lowest BCUT2D eigenvalue weighted by Gasteiger charge is -2.59. The number of hydrogen-bond donors (Lipinski definition) is 1. The van der Waals surface area contributed by atoms with Crippen molar-refractivity contribution < 1.29 is 23.9 Å². The zero-order chi connectivity index (χ0) is 31.8. The Morgan fingerprint density at radius 1 is 1.05 bits per heavy atom. The molecule has 0 unspecified atom stereocenters. The molecule has 4 rings (SSSR count). The molecule has 43 heavy (non-hydrogen) atoms. The van der Waals surface area contributed by atoms with Crippen LogP contribution in [0.1, 0.15) is 105 Å². The molecule has 1 N–H and O–H groups in total. The lowest BCUT2D eigenvalue weighted by atomic mass is 9.46. The number of fused-ring (bicyclic) bond motifs is 5. The van der Waals surface area contributed by atoms with E-state index in [1.807, 2.05) is 6.08 Å². The zero-order valence-electron chi connectivity index (χ0n) is 26.2. The summed E-state index contributed by atoms with van der Waals surface area (Å²) in [5, 5.41) is 5.55. The van der Waals surface area contributed by atoms with Gasteiger partial charge in [-0.25, -0.2) is 4.79 Å². The van der Waals surface area contributed by atoms with Gasteiger partial charge in [-0.3, -0.25) is 14.4 Å². The highest BCUT2D eigenvalue weighted by Crippen LogP contribution is 2.68. The van der Waals surface area contributed by atoms with Gasteiger partial charge in [0, 0.05) is 36.6 Å². The highest BCUT2D eigenvalue weighted by Gasteiger charge is 2.67. The van der Waals surface area contributed by atoms with Gasteiger partial charge in [0.05, 0.1) is 11.8 Å². The summed E-state index contributed by atoms with van der Waals surface area (Å²) in [7, 11) is 0. The van der Waals surface area contributed by atoms with Crippen LogP contribution in [0.4, 0.5) is 4.79 Å². The van der Waals surface area contributed by atoms with E-state index >= 15 is 0 Å². The Hall–Kier alpha value is -2.00. The second-order valence-electron chi connectivity index (χ2n) is 13.1. The summed E-state index contributed by atoms with van der Waals surface area (Å²) in [6.45, 7) is 8.77. The number of rotatable bonds is 11. The number of amides is 2. The van der Waals surface area contributed by atoms with E-state index in [2.05, 4.69) is 31.4 Å². The van der Waals surface area contributed by atoms with Gasteiger partial charge < -0.3 is 10.1 Å². The van der Waals surface area contributed by atoms with Gasteiger partial charge in [0.15, 0.2) is 17.2 Å². The van der Waals surface area contributed by atoms with E-state index in [1.165, 1.54) is 5.57 Å². The molecule has 3 fully saturated rings. The van der Waals surface area contributed by atoms with Gasteiger partial charge in [0.25, 0.3) is 0 Å². The molecular weight excluding hydrogens is 593 g/mol. The van der Waals surface area contributed by atoms with E-state index < -0.39 is 11.6 Å². The molecule has 242 valence electrons. The monoisotopic (exact) mass is 641 g/mol. The Morgan fingerprint density at radius 3 is 2.40 bits per heavy atom. The second kappa shape index (κ2) is 15.3. The number of halogens is 2. The zero-order valence-corrected chi connectivity index (χ0v) is 27.7. The van der Waals surface area contributed by atoms with Crippen molar-refractivity contribution >= 4 is 46.8 Å². The molecule has 0 aromatic carbocycles. The number of unbranched alkanes of at least 4 members (excludes halogenated alkanes) is 2. The highest BCUT2D eigenvalue weighted by molar-refractivity contribution is 6.18. The number of carbonyl (C=O) groups is 4. The molecule has 0 radical (unpaired) electrons. The third-order valence-electron chi connectivity index (χ3n) is 10.9. The summed E-state index contributed by atoms with van der Waals surface area (Å²) in [4.78, 5) is 58.8. The number of esters is 1. The predicted octanol–water partition coefficient (Wildman–Crippen LogP) is 7.13. The number of hydrogen-bond acceptors (Lipinski definition) is 7. The van der Waals surface area contributed by atoms with Crippen LogP contribution in [0.5, 0.6) is 0 Å². The lowest BCUT2D eigenvalue weighted by Crippen LogP contribution is -2.58. The molecule has 0 heterocycles. The SMILES string of the molecule is CCCCCC(=O)O[C@]1(C(C)=O)CC[C@H]2[C@@H]3CCC4=CC(=O)CC[C@]4(C)[C@H]3CC[C@@]21C.O=NN(CCCl)C(=O)NCCCl. The number of allylic oxidation sites excluding steroid dienone is 1. The van der Waals surface area contributed by atoms with Crippen molar-refractivity contribution in [3.05, 3.63) is 16.6 Å². The van der Waals surface area contributed by atoms with Crippen molar-refractivity contribution in [3.63, 3.8) is 0 Å². The van der Waals surface area contributed by atoms with Crippen LogP contribution in [0.2, 0.25) is 0 Å². The maximum absolute atomic E-state index is 13.1. The van der Waals surface area contributed by atoms with E-state index in [9.17, 15) is 24.1 Å². The van der Waals surface area contributed by atoms with E-state index in [-0.39, 0.29) is 40.8 Å². The average Bonchev–Trinajstić information content (AvgIpc) is 3.28. The molecule has 0 saturated heterocycles. The molecule has 0 aromatic heterocycles. The van der Waals surface area contributed by atoms with Crippen LogP contribution < -0.4 is 5.32 Å². The first-order chi connectivity index (χ1) is 20.4. The van der Waals surface area contributed by atoms with Crippen LogP contribution in [-0.4, -0.2) is 59.0 Å². The van der Waals surface area contributed by atoms with Crippen LogP contribution in [0.25, 0.3) is 0 Å². The van der Waals surface area contributed by atoms with Gasteiger partial charge in [0.2, 0.25) is 0 Å². The molecule has 0 aliphatic heterocycles. The van der Waals surface area contributed by atoms with E-state index in [4.69, 9.17) is 27.9 Å². The lowest BCUT2D eigenvalue weighted by molar-refractivity contribution is -0.189. The fraction of sp³-hybridized carbons (Fsp3) is 0.812. The second-order valence-corrected chi connectivity index (χ2v) is 13.8. The van der Waals surface area contributed by atoms with Crippen LogP contribution in [0.3, 0.4) is 0 Å². The summed E-state index contributed by atoms with van der Waals surface area (Å²) in [5.41, 5.74) is 0.261. The highest BCUT2D eigenvalue weighted by atomic mass is 35.5. The number of nitroso groups, excluding NO2 is 1. The minimum absolute atomic E-state index is 0.0330. The van der Waals surface area contributed by atoms with Crippen LogP contribution in [0.15, 0.2) is 16.9 Å². The van der Waals surface area contributed by atoms with Crippen molar-refractivity contribution in [3.8, 4) is 0 Å². The van der Waals surface area contributed by atoms with Gasteiger partial charge in [-0.2, -0.15) is 5.01 Å². The molecule has 9 nitrogen and oxygen atoms in total. The molecule has 6 atom stereocenters. The standard InChI is InChI=1S/C27H40O4.C5H9Cl2N3O2/c1-5-6-7-8-24(30)31-27(18(2)28)16-13-23-21-10-9-19-17-20(29)11-14-25(19,3)22(21)12-15-26(23,27)4;6-1-3-8-5(11)10(9-12)4-2-7/h17,21-23H,5-16H2,1-4H3;1-4H2,(H,8,11)/t21-,22+,23+,25+,26+,27+;/m1./s1. The Labute approximate surface area is 266 Å². The van der Waals surface area contributed by atoms with Crippen molar-refractivity contribution in [2.24, 2.45) is 33.9 Å². The third-order valence-corrected chi connectivity index (χ3v) is 11.3. The number of ketones is 2. The normalized spacial score (nSPS) is 32.6. The molecule has 11 heteroatoms. The third kappa shape index (κ3) is 7.29. The summed E-state index contributed by atoms with van der Waals surface area (Å²) in [6, 6.07) is -0.578. The van der Waals surface area contributed by atoms with Gasteiger partial charge in [-0.05, 0) is 87.5 Å². The van der Waals surface area contributed by atoms with Gasteiger partial charge in [-0.1, -0.05) is 39.2 Å². The number of nitrogens with one attached hydrogen (secondary N) is 1. The maximum atomic E-state index is 13.1. The smallest absolute Gasteiger partial charge is 0.340 e. The first-order valence-electron chi connectivity index (χ1n) is 15.9. The summed E-state index contributed by atoms with van der Waals surface area (Å²) < 4.78 is 6.16. The molecule has 4 aliphatic rings. The minimum Gasteiger partial charge on any atom is -0.450 e. The number of urea groups is 1. The van der Waals surface area contributed by atoms with Gasteiger partial charge >= 0.3 is 12.0 Å². The van der Waals surface area contributed by atoms with Crippen LogP contribution >= 0.6 is 23.2 Å². The van der Waals surface area contributed by atoms with Gasteiger partial charge in [-0.15, -0.1) is 28.1 Å². The Balaban J connectivity index is 0.000000359. The molecular formula is C32H49Cl2N3O6. The van der Waals surface area contributed by atoms with Crippen molar-refractivity contribution in [1.29, 1.82) is 0 Å². The molecule has 0 spiro atoms. The Morgan fingerprint density at radius 2 is 1.77 bits per heavy atom. The topological polar surface area (TPSA) is 122 Å². The first-order valence-corrected chi connectivity index (χ1v) is 17.0. The quantitative estimate of drug-likeness (QED) is 0.0842. The van der Waals surface area contributed by atoms with Crippen LogP contribution in [-0.2, 0) is 19.1 Å². The number of nitrogens with zero attached hydrogens (tertiary/aromatic N) is 2. The van der Waals surface area contributed by atoms with Crippen molar-refractivity contribution in [1.82, 2.24) is 10.3 Å². The van der Waals surface area contributed by atoms with Crippen LogP contribution in [0, 0.1) is 33.5 Å². The fourth-order valence-corrected chi connectivity index (χ4v) is 8.90. The maximum Gasteiger partial charge on any atom is 0.340 e. The first kappa shape index (κ1) is 35.5. The van der Waals surface area contributed by atoms with E-state index in [0.717, 1.165) is 57.8 Å². The Bertz CT molecular complexity index is 1090.